The Labute approximate surface area is 158 Å². The minimum Gasteiger partial charge on any atom is -0.349 e. The van der Waals surface area contributed by atoms with Crippen molar-refractivity contribution in [3.8, 4) is 5.69 Å². The van der Waals surface area contributed by atoms with E-state index in [1.165, 1.54) is 28.6 Å². The Morgan fingerprint density at radius 2 is 2.08 bits per heavy atom. The molecule has 0 saturated carbocycles. The van der Waals surface area contributed by atoms with Crippen molar-refractivity contribution in [3.63, 3.8) is 0 Å². The third kappa shape index (κ3) is 4.59. The summed E-state index contributed by atoms with van der Waals surface area (Å²) in [4.78, 5) is 12.2. The van der Waals surface area contributed by atoms with E-state index in [-0.39, 0.29) is 23.5 Å². The van der Waals surface area contributed by atoms with Crippen LogP contribution in [0.15, 0.2) is 53.7 Å². The minimum absolute atomic E-state index is 0.133. The van der Waals surface area contributed by atoms with E-state index in [1.807, 2.05) is 19.1 Å². The predicted molar refractivity (Wildman–Crippen MR) is 97.8 cm³/mol. The molecule has 3 rings (SSSR count). The largest absolute Gasteiger partial charge is 0.349 e. The summed E-state index contributed by atoms with van der Waals surface area (Å²) in [7, 11) is 0. The maximum absolute atomic E-state index is 13.4. The van der Waals surface area contributed by atoms with Crippen LogP contribution in [0.4, 0.5) is 4.39 Å². The van der Waals surface area contributed by atoms with Gasteiger partial charge in [-0.05, 0) is 53.2 Å². The van der Waals surface area contributed by atoms with Gasteiger partial charge in [0, 0.05) is 5.02 Å². The molecule has 1 aromatic heterocycles. The zero-order valence-corrected chi connectivity index (χ0v) is 15.3. The fourth-order valence-electron chi connectivity index (χ4n) is 2.29. The Bertz CT molecular complexity index is 902. The van der Waals surface area contributed by atoms with E-state index in [4.69, 9.17) is 11.6 Å². The molecule has 0 bridgehead atoms. The smallest absolute Gasteiger partial charge is 0.230 e. The molecule has 134 valence electrons. The van der Waals surface area contributed by atoms with Gasteiger partial charge < -0.3 is 5.32 Å². The van der Waals surface area contributed by atoms with Gasteiger partial charge in [0.25, 0.3) is 0 Å². The lowest BCUT2D eigenvalue weighted by Crippen LogP contribution is -2.28. The molecular formula is C17H15ClFN5OS. The minimum atomic E-state index is -0.386. The van der Waals surface area contributed by atoms with Gasteiger partial charge in [0.2, 0.25) is 11.1 Å². The fraction of sp³-hybridized carbons (Fsp3) is 0.176. The van der Waals surface area contributed by atoms with Crippen LogP contribution in [-0.4, -0.2) is 31.9 Å². The first-order valence-electron chi connectivity index (χ1n) is 7.75. The number of aromatic nitrogens is 4. The second-order valence-corrected chi connectivity index (χ2v) is 6.86. The number of hydrogen-bond donors (Lipinski definition) is 1. The molecule has 1 N–H and O–H groups in total. The number of nitrogens with one attached hydrogen (secondary N) is 1. The number of amides is 1. The monoisotopic (exact) mass is 391 g/mol. The molecule has 0 unspecified atom stereocenters. The van der Waals surface area contributed by atoms with Crippen LogP contribution in [0.5, 0.6) is 0 Å². The maximum atomic E-state index is 13.4. The molecular weight excluding hydrogens is 377 g/mol. The van der Waals surface area contributed by atoms with E-state index in [0.717, 1.165) is 5.56 Å². The van der Waals surface area contributed by atoms with Gasteiger partial charge in [0.15, 0.2) is 0 Å². The lowest BCUT2D eigenvalue weighted by Gasteiger charge is -2.14. The topological polar surface area (TPSA) is 72.7 Å². The van der Waals surface area contributed by atoms with Crippen LogP contribution in [0.3, 0.4) is 0 Å². The molecule has 0 aliphatic rings. The number of benzene rings is 2. The number of halogens is 2. The van der Waals surface area contributed by atoms with E-state index in [1.54, 1.807) is 24.3 Å². The molecule has 3 aromatic rings. The Hall–Kier alpha value is -2.45. The van der Waals surface area contributed by atoms with Crippen LogP contribution < -0.4 is 5.32 Å². The van der Waals surface area contributed by atoms with Crippen molar-refractivity contribution in [2.45, 2.75) is 18.1 Å². The van der Waals surface area contributed by atoms with Crippen LogP contribution in [0, 0.1) is 5.82 Å². The summed E-state index contributed by atoms with van der Waals surface area (Å²) in [6.45, 7) is 1.89. The molecule has 1 amide bonds. The lowest BCUT2D eigenvalue weighted by molar-refractivity contribution is -0.119. The van der Waals surface area contributed by atoms with Crippen molar-refractivity contribution in [2.75, 3.05) is 5.75 Å². The van der Waals surface area contributed by atoms with Gasteiger partial charge in [0.05, 0.1) is 17.5 Å². The van der Waals surface area contributed by atoms with Gasteiger partial charge in [-0.15, -0.1) is 5.10 Å². The third-order valence-electron chi connectivity index (χ3n) is 3.57. The van der Waals surface area contributed by atoms with Crippen LogP contribution in [0.2, 0.25) is 5.02 Å². The van der Waals surface area contributed by atoms with E-state index >= 15 is 0 Å². The summed E-state index contributed by atoms with van der Waals surface area (Å²) in [5, 5.41) is 15.3. The van der Waals surface area contributed by atoms with E-state index < -0.39 is 0 Å². The molecule has 1 heterocycles. The van der Waals surface area contributed by atoms with Gasteiger partial charge >= 0.3 is 0 Å². The molecule has 0 aliphatic heterocycles. The van der Waals surface area contributed by atoms with E-state index in [0.29, 0.717) is 15.9 Å². The molecule has 0 aliphatic carbocycles. The standard InChI is InChI=1S/C17H15ClFN5OS/c1-11(12-5-7-13(18)8-6-12)20-16(25)10-26-17-21-22-23-24(17)15-4-2-3-14(19)9-15/h2-9,11H,10H2,1H3,(H,20,25)/t11-/m1/s1. The van der Waals surface area contributed by atoms with Crippen LogP contribution in [-0.2, 0) is 4.79 Å². The van der Waals surface area contributed by atoms with Gasteiger partial charge in [-0.1, -0.05) is 41.6 Å². The van der Waals surface area contributed by atoms with Crippen molar-refractivity contribution in [3.05, 3.63) is 64.9 Å². The summed E-state index contributed by atoms with van der Waals surface area (Å²) in [5.74, 6) is -0.414. The Balaban J connectivity index is 1.60. The quantitative estimate of drug-likeness (QED) is 0.652. The molecule has 0 saturated heterocycles. The van der Waals surface area contributed by atoms with Gasteiger partial charge in [-0.2, -0.15) is 4.68 Å². The first-order valence-corrected chi connectivity index (χ1v) is 9.11. The zero-order valence-electron chi connectivity index (χ0n) is 13.8. The zero-order chi connectivity index (χ0) is 18.5. The number of hydrogen-bond acceptors (Lipinski definition) is 5. The highest BCUT2D eigenvalue weighted by Gasteiger charge is 2.14. The number of carbonyl (C=O) groups excluding carboxylic acids is 1. The number of rotatable bonds is 6. The number of carbonyl (C=O) groups is 1. The van der Waals surface area contributed by atoms with Crippen molar-refractivity contribution in [1.29, 1.82) is 0 Å². The number of thioether (sulfide) groups is 1. The second-order valence-electron chi connectivity index (χ2n) is 5.48. The Kier molecular flexibility index (Phi) is 5.85. The summed E-state index contributed by atoms with van der Waals surface area (Å²) < 4.78 is 14.8. The molecule has 2 aromatic carbocycles. The van der Waals surface area contributed by atoms with Crippen LogP contribution in [0.1, 0.15) is 18.5 Å². The normalized spacial score (nSPS) is 12.0. The SMILES string of the molecule is C[C@@H](NC(=O)CSc1nnnn1-c1cccc(F)c1)c1ccc(Cl)cc1. The first kappa shape index (κ1) is 18.3. The lowest BCUT2D eigenvalue weighted by atomic mass is 10.1. The molecule has 0 fully saturated rings. The second kappa shape index (κ2) is 8.29. The number of nitrogens with zero attached hydrogens (tertiary/aromatic N) is 4. The fourth-order valence-corrected chi connectivity index (χ4v) is 3.11. The van der Waals surface area contributed by atoms with E-state index in [9.17, 15) is 9.18 Å². The third-order valence-corrected chi connectivity index (χ3v) is 4.74. The van der Waals surface area contributed by atoms with Crippen molar-refractivity contribution in [2.24, 2.45) is 0 Å². The highest BCUT2D eigenvalue weighted by molar-refractivity contribution is 7.99. The average molecular weight is 392 g/mol. The molecule has 26 heavy (non-hydrogen) atoms. The van der Waals surface area contributed by atoms with Gasteiger partial charge in [-0.3, -0.25) is 4.79 Å². The first-order chi connectivity index (χ1) is 12.5. The summed E-state index contributed by atoms with van der Waals surface area (Å²) in [6, 6.07) is 13.1. The average Bonchev–Trinajstić information content (AvgIpc) is 3.09. The number of tetrazole rings is 1. The Morgan fingerprint density at radius 1 is 1.31 bits per heavy atom. The van der Waals surface area contributed by atoms with Crippen LogP contribution >= 0.6 is 23.4 Å². The van der Waals surface area contributed by atoms with Gasteiger partial charge in [-0.25, -0.2) is 4.39 Å². The molecule has 0 spiro atoms. The highest BCUT2D eigenvalue weighted by atomic mass is 35.5. The summed E-state index contributed by atoms with van der Waals surface area (Å²) in [5.41, 5.74) is 1.45. The highest BCUT2D eigenvalue weighted by Crippen LogP contribution is 2.20. The molecule has 0 radical (unpaired) electrons. The molecule has 1 atom stereocenters. The summed E-state index contributed by atoms with van der Waals surface area (Å²) >= 11 is 7.04. The maximum Gasteiger partial charge on any atom is 0.230 e. The molecule has 6 nitrogen and oxygen atoms in total. The summed E-state index contributed by atoms with van der Waals surface area (Å²) in [6.07, 6.45) is 0. The molecule has 9 heteroatoms. The van der Waals surface area contributed by atoms with Crippen molar-refractivity contribution in [1.82, 2.24) is 25.5 Å². The van der Waals surface area contributed by atoms with Crippen molar-refractivity contribution < 1.29 is 9.18 Å². The van der Waals surface area contributed by atoms with Gasteiger partial charge in [0.1, 0.15) is 5.82 Å². The van der Waals surface area contributed by atoms with Crippen LogP contribution in [0.25, 0.3) is 5.69 Å². The van der Waals surface area contributed by atoms with E-state index in [2.05, 4.69) is 20.8 Å². The Morgan fingerprint density at radius 3 is 2.81 bits per heavy atom. The predicted octanol–water partition coefficient (Wildman–Crippen LogP) is 3.42. The van der Waals surface area contributed by atoms with Crippen molar-refractivity contribution >= 4 is 29.3 Å².